The van der Waals surface area contributed by atoms with Crippen molar-refractivity contribution in [2.24, 2.45) is 0 Å². The number of amides is 1. The first-order chi connectivity index (χ1) is 13.5. The summed E-state index contributed by atoms with van der Waals surface area (Å²) in [5.41, 5.74) is 0.476. The van der Waals surface area contributed by atoms with Gasteiger partial charge in [-0.25, -0.2) is 4.39 Å². The zero-order chi connectivity index (χ0) is 20.4. The van der Waals surface area contributed by atoms with Crippen molar-refractivity contribution in [2.45, 2.75) is 19.8 Å². The summed E-state index contributed by atoms with van der Waals surface area (Å²) < 4.78 is 23.4. The SMILES string of the molecule is CCCCOc1ccc(C(=O)NCC(=O)OCC(=O)c2cccc(F)c2)cc1. The number of rotatable bonds is 10. The van der Waals surface area contributed by atoms with Crippen LogP contribution in [0.2, 0.25) is 0 Å². The molecule has 6 nitrogen and oxygen atoms in total. The van der Waals surface area contributed by atoms with Crippen molar-refractivity contribution in [1.82, 2.24) is 5.32 Å². The van der Waals surface area contributed by atoms with Gasteiger partial charge in [-0.05, 0) is 42.8 Å². The number of nitrogens with one attached hydrogen (secondary N) is 1. The number of unbranched alkanes of at least 4 members (excludes halogenated alkanes) is 1. The highest BCUT2D eigenvalue weighted by Crippen LogP contribution is 2.12. The predicted molar refractivity (Wildman–Crippen MR) is 101 cm³/mol. The maximum atomic E-state index is 13.1. The van der Waals surface area contributed by atoms with E-state index in [1.807, 2.05) is 0 Å². The molecule has 0 atom stereocenters. The van der Waals surface area contributed by atoms with Gasteiger partial charge in [-0.3, -0.25) is 14.4 Å². The summed E-state index contributed by atoms with van der Waals surface area (Å²) in [6.07, 6.45) is 1.98. The second kappa shape index (κ2) is 10.8. The van der Waals surface area contributed by atoms with Crippen LogP contribution in [0.4, 0.5) is 4.39 Å². The standard InChI is InChI=1S/C21H22FNO5/c1-2-3-11-27-18-9-7-15(8-10-18)21(26)23-13-20(25)28-14-19(24)16-5-4-6-17(22)12-16/h4-10,12H,2-3,11,13-14H2,1H3,(H,23,26). The topological polar surface area (TPSA) is 81.7 Å². The van der Waals surface area contributed by atoms with Gasteiger partial charge in [0.25, 0.3) is 5.91 Å². The Hall–Kier alpha value is -3.22. The number of hydrogen-bond acceptors (Lipinski definition) is 5. The van der Waals surface area contributed by atoms with Gasteiger partial charge in [0.15, 0.2) is 12.4 Å². The molecule has 1 amide bonds. The first-order valence-electron chi connectivity index (χ1n) is 8.95. The van der Waals surface area contributed by atoms with Crippen LogP contribution in [-0.2, 0) is 9.53 Å². The fourth-order valence-electron chi connectivity index (χ4n) is 2.23. The van der Waals surface area contributed by atoms with E-state index in [0.29, 0.717) is 17.9 Å². The lowest BCUT2D eigenvalue weighted by Crippen LogP contribution is -2.31. The molecule has 2 aromatic rings. The monoisotopic (exact) mass is 387 g/mol. The number of benzene rings is 2. The molecule has 7 heteroatoms. The van der Waals surface area contributed by atoms with Gasteiger partial charge in [0.1, 0.15) is 18.1 Å². The number of carbonyl (C=O) groups excluding carboxylic acids is 3. The third kappa shape index (κ3) is 6.83. The second-order valence-corrected chi connectivity index (χ2v) is 6.00. The molecule has 0 saturated carbocycles. The molecule has 0 fully saturated rings. The first-order valence-corrected chi connectivity index (χ1v) is 8.95. The molecule has 0 heterocycles. The van der Waals surface area contributed by atoms with Gasteiger partial charge in [0.2, 0.25) is 0 Å². The largest absolute Gasteiger partial charge is 0.494 e. The van der Waals surface area contributed by atoms with Crippen LogP contribution in [-0.4, -0.2) is 37.4 Å². The van der Waals surface area contributed by atoms with Crippen LogP contribution in [0.5, 0.6) is 5.75 Å². The van der Waals surface area contributed by atoms with Crippen LogP contribution in [0.25, 0.3) is 0 Å². The molecule has 2 aromatic carbocycles. The van der Waals surface area contributed by atoms with E-state index in [4.69, 9.17) is 9.47 Å². The summed E-state index contributed by atoms with van der Waals surface area (Å²) >= 11 is 0. The third-order valence-electron chi connectivity index (χ3n) is 3.79. The summed E-state index contributed by atoms with van der Waals surface area (Å²) in [6, 6.07) is 11.6. The third-order valence-corrected chi connectivity index (χ3v) is 3.79. The van der Waals surface area contributed by atoms with E-state index in [1.54, 1.807) is 24.3 Å². The summed E-state index contributed by atoms with van der Waals surface area (Å²) in [4.78, 5) is 35.6. The molecule has 148 valence electrons. The van der Waals surface area contributed by atoms with Gasteiger partial charge in [-0.15, -0.1) is 0 Å². The van der Waals surface area contributed by atoms with Crippen molar-refractivity contribution in [2.75, 3.05) is 19.8 Å². The van der Waals surface area contributed by atoms with Gasteiger partial charge >= 0.3 is 5.97 Å². The number of Topliss-reactive ketones (excluding diaryl/α,β-unsaturated/α-hetero) is 1. The van der Waals surface area contributed by atoms with E-state index in [9.17, 15) is 18.8 Å². The predicted octanol–water partition coefficient (Wildman–Crippen LogP) is 3.16. The molecule has 1 N–H and O–H groups in total. The van der Waals surface area contributed by atoms with Crippen LogP contribution in [0.3, 0.4) is 0 Å². The molecule has 0 aliphatic rings. The highest BCUT2D eigenvalue weighted by molar-refractivity contribution is 5.98. The highest BCUT2D eigenvalue weighted by Gasteiger charge is 2.12. The quantitative estimate of drug-likeness (QED) is 0.385. The van der Waals surface area contributed by atoms with Crippen molar-refractivity contribution in [3.05, 3.63) is 65.5 Å². The maximum Gasteiger partial charge on any atom is 0.325 e. The summed E-state index contributed by atoms with van der Waals surface area (Å²) in [6.45, 7) is 1.77. The van der Waals surface area contributed by atoms with Gasteiger partial charge in [-0.1, -0.05) is 25.5 Å². The van der Waals surface area contributed by atoms with Crippen molar-refractivity contribution >= 4 is 17.7 Å². The van der Waals surface area contributed by atoms with Crippen LogP contribution in [0.15, 0.2) is 48.5 Å². The molecule has 28 heavy (non-hydrogen) atoms. The summed E-state index contributed by atoms with van der Waals surface area (Å²) in [5.74, 6) is -1.63. The molecule has 0 radical (unpaired) electrons. The van der Waals surface area contributed by atoms with Gasteiger partial charge < -0.3 is 14.8 Å². The molecule has 0 bridgehead atoms. The molecule has 0 spiro atoms. The molecule has 0 aliphatic carbocycles. The normalized spacial score (nSPS) is 10.2. The molecule has 0 aliphatic heterocycles. The van der Waals surface area contributed by atoms with E-state index in [1.165, 1.54) is 18.2 Å². The number of halogens is 1. The lowest BCUT2D eigenvalue weighted by Gasteiger charge is -2.08. The Morgan fingerprint density at radius 3 is 2.46 bits per heavy atom. The van der Waals surface area contributed by atoms with Crippen molar-refractivity contribution in [3.8, 4) is 5.75 Å². The fraction of sp³-hybridized carbons (Fsp3) is 0.286. The highest BCUT2D eigenvalue weighted by atomic mass is 19.1. The minimum atomic E-state index is -0.766. The smallest absolute Gasteiger partial charge is 0.325 e. The Kier molecular flexibility index (Phi) is 8.14. The second-order valence-electron chi connectivity index (χ2n) is 6.00. The van der Waals surface area contributed by atoms with Gasteiger partial charge in [0, 0.05) is 11.1 Å². The first kappa shape index (κ1) is 21.1. The van der Waals surface area contributed by atoms with Crippen LogP contribution in [0, 0.1) is 5.82 Å². The lowest BCUT2D eigenvalue weighted by atomic mass is 10.1. The molecule has 0 unspecified atom stereocenters. The average molecular weight is 387 g/mol. The number of esters is 1. The Balaban J connectivity index is 1.74. The van der Waals surface area contributed by atoms with Crippen LogP contribution < -0.4 is 10.1 Å². The fourth-order valence-corrected chi connectivity index (χ4v) is 2.23. The van der Waals surface area contributed by atoms with E-state index >= 15 is 0 Å². The minimum absolute atomic E-state index is 0.109. The van der Waals surface area contributed by atoms with Crippen molar-refractivity contribution in [1.29, 1.82) is 0 Å². The Morgan fingerprint density at radius 1 is 1.04 bits per heavy atom. The zero-order valence-corrected chi connectivity index (χ0v) is 15.6. The average Bonchev–Trinajstić information content (AvgIpc) is 2.71. The van der Waals surface area contributed by atoms with Crippen molar-refractivity contribution in [3.63, 3.8) is 0 Å². The number of carbonyl (C=O) groups is 3. The van der Waals surface area contributed by atoms with Crippen LogP contribution >= 0.6 is 0 Å². The zero-order valence-electron chi connectivity index (χ0n) is 15.6. The van der Waals surface area contributed by atoms with E-state index < -0.39 is 30.1 Å². The Labute approximate surface area is 162 Å². The van der Waals surface area contributed by atoms with E-state index in [2.05, 4.69) is 12.2 Å². The molecule has 0 saturated heterocycles. The number of ketones is 1. The Morgan fingerprint density at radius 2 is 1.79 bits per heavy atom. The van der Waals surface area contributed by atoms with Crippen LogP contribution in [0.1, 0.15) is 40.5 Å². The lowest BCUT2D eigenvalue weighted by molar-refractivity contribution is -0.141. The summed E-state index contributed by atoms with van der Waals surface area (Å²) in [7, 11) is 0. The molecule has 0 aromatic heterocycles. The molecular weight excluding hydrogens is 365 g/mol. The maximum absolute atomic E-state index is 13.1. The Bertz CT molecular complexity index is 820. The van der Waals surface area contributed by atoms with E-state index in [-0.39, 0.29) is 12.1 Å². The molecular formula is C21H22FNO5. The van der Waals surface area contributed by atoms with Gasteiger partial charge in [0.05, 0.1) is 6.61 Å². The minimum Gasteiger partial charge on any atom is -0.494 e. The molecule has 2 rings (SSSR count). The number of hydrogen-bond donors (Lipinski definition) is 1. The summed E-state index contributed by atoms with van der Waals surface area (Å²) in [5, 5.41) is 2.42. The van der Waals surface area contributed by atoms with E-state index in [0.717, 1.165) is 18.9 Å². The number of ether oxygens (including phenoxy) is 2. The van der Waals surface area contributed by atoms with Gasteiger partial charge in [-0.2, -0.15) is 0 Å². The van der Waals surface area contributed by atoms with Crippen molar-refractivity contribution < 1.29 is 28.2 Å².